The fourth-order valence-electron chi connectivity index (χ4n) is 1.67. The van der Waals surface area contributed by atoms with Gasteiger partial charge in [0.1, 0.15) is 11.6 Å². The second-order valence-electron chi connectivity index (χ2n) is 3.87. The van der Waals surface area contributed by atoms with Crippen LogP contribution in [0.15, 0.2) is 24.3 Å². The van der Waals surface area contributed by atoms with Crippen molar-refractivity contribution in [2.75, 3.05) is 20.2 Å². The van der Waals surface area contributed by atoms with Crippen LogP contribution >= 0.6 is 0 Å². The lowest BCUT2D eigenvalue weighted by Crippen LogP contribution is -2.13. The van der Waals surface area contributed by atoms with Gasteiger partial charge < -0.3 is 10.1 Å². The maximum atomic E-state index is 13.2. The minimum absolute atomic E-state index is 0.236. The summed E-state index contributed by atoms with van der Waals surface area (Å²) in [5.74, 6) is 0.476. The van der Waals surface area contributed by atoms with Gasteiger partial charge in [-0.25, -0.2) is 4.39 Å². The summed E-state index contributed by atoms with van der Waals surface area (Å²) in [5.41, 5.74) is 1.86. The highest BCUT2D eigenvalue weighted by Gasteiger charge is 2.05. The SMILES string of the molecule is CCNCC/C=C(/C)c1cc(F)ccc1OC. The van der Waals surface area contributed by atoms with E-state index in [9.17, 15) is 4.39 Å². The van der Waals surface area contributed by atoms with E-state index in [1.807, 2.05) is 6.92 Å². The van der Waals surface area contributed by atoms with Crippen LogP contribution in [0.25, 0.3) is 5.57 Å². The number of hydrogen-bond donors (Lipinski definition) is 1. The summed E-state index contributed by atoms with van der Waals surface area (Å²) in [7, 11) is 1.60. The number of nitrogens with one attached hydrogen (secondary N) is 1. The van der Waals surface area contributed by atoms with Gasteiger partial charge in [-0.05, 0) is 50.2 Å². The van der Waals surface area contributed by atoms with Crippen molar-refractivity contribution >= 4 is 5.57 Å². The molecule has 0 saturated heterocycles. The van der Waals surface area contributed by atoms with E-state index in [0.29, 0.717) is 5.75 Å². The number of methoxy groups -OCH3 is 1. The van der Waals surface area contributed by atoms with Crippen LogP contribution in [-0.4, -0.2) is 20.2 Å². The predicted octanol–water partition coefficient (Wildman–Crippen LogP) is 3.24. The van der Waals surface area contributed by atoms with Crippen LogP contribution in [0.5, 0.6) is 5.75 Å². The Bertz CT molecular complexity index is 388. The molecule has 0 amide bonds. The molecule has 0 bridgehead atoms. The molecule has 3 heteroatoms. The number of ether oxygens (including phenoxy) is 1. The fourth-order valence-corrected chi connectivity index (χ4v) is 1.67. The molecule has 0 radical (unpaired) electrons. The lowest BCUT2D eigenvalue weighted by Gasteiger charge is -2.09. The average molecular weight is 237 g/mol. The Kier molecular flexibility index (Phi) is 5.70. The Morgan fingerprint density at radius 2 is 2.24 bits per heavy atom. The summed E-state index contributed by atoms with van der Waals surface area (Å²) in [4.78, 5) is 0. The van der Waals surface area contributed by atoms with Gasteiger partial charge in [-0.15, -0.1) is 0 Å². The first-order valence-corrected chi connectivity index (χ1v) is 5.90. The van der Waals surface area contributed by atoms with Gasteiger partial charge in [0, 0.05) is 5.56 Å². The third-order valence-electron chi connectivity index (χ3n) is 2.61. The maximum Gasteiger partial charge on any atom is 0.126 e. The van der Waals surface area contributed by atoms with Gasteiger partial charge >= 0.3 is 0 Å². The first-order valence-electron chi connectivity index (χ1n) is 5.90. The van der Waals surface area contributed by atoms with Crippen LogP contribution in [0.3, 0.4) is 0 Å². The maximum absolute atomic E-state index is 13.2. The van der Waals surface area contributed by atoms with Crippen molar-refractivity contribution in [3.63, 3.8) is 0 Å². The third kappa shape index (κ3) is 4.19. The van der Waals surface area contributed by atoms with Gasteiger partial charge in [-0.3, -0.25) is 0 Å². The average Bonchev–Trinajstić information content (AvgIpc) is 2.34. The van der Waals surface area contributed by atoms with E-state index in [0.717, 1.165) is 30.6 Å². The molecular weight excluding hydrogens is 217 g/mol. The van der Waals surface area contributed by atoms with Gasteiger partial charge in [0.25, 0.3) is 0 Å². The zero-order valence-corrected chi connectivity index (χ0v) is 10.7. The molecule has 1 aromatic rings. The monoisotopic (exact) mass is 237 g/mol. The second-order valence-corrected chi connectivity index (χ2v) is 3.87. The number of benzene rings is 1. The van der Waals surface area contributed by atoms with E-state index >= 15 is 0 Å². The van der Waals surface area contributed by atoms with Crippen molar-refractivity contribution in [1.29, 1.82) is 0 Å². The van der Waals surface area contributed by atoms with Crippen LogP contribution in [-0.2, 0) is 0 Å². The van der Waals surface area contributed by atoms with Crippen molar-refractivity contribution < 1.29 is 9.13 Å². The van der Waals surface area contributed by atoms with Gasteiger partial charge in [0.05, 0.1) is 7.11 Å². The van der Waals surface area contributed by atoms with E-state index in [1.54, 1.807) is 13.2 Å². The number of hydrogen-bond acceptors (Lipinski definition) is 2. The van der Waals surface area contributed by atoms with Gasteiger partial charge in [0.2, 0.25) is 0 Å². The Balaban J connectivity index is 2.79. The van der Waals surface area contributed by atoms with E-state index in [1.165, 1.54) is 12.1 Å². The van der Waals surface area contributed by atoms with Gasteiger partial charge in [-0.1, -0.05) is 13.0 Å². The smallest absolute Gasteiger partial charge is 0.126 e. The summed E-state index contributed by atoms with van der Waals surface area (Å²) < 4.78 is 18.4. The lowest BCUT2D eigenvalue weighted by molar-refractivity contribution is 0.412. The number of halogens is 1. The second kappa shape index (κ2) is 7.07. The third-order valence-corrected chi connectivity index (χ3v) is 2.61. The van der Waals surface area contributed by atoms with Crippen molar-refractivity contribution in [1.82, 2.24) is 5.32 Å². The highest BCUT2D eigenvalue weighted by molar-refractivity contribution is 5.69. The molecule has 1 rings (SSSR count). The molecule has 1 N–H and O–H groups in total. The Morgan fingerprint density at radius 3 is 2.88 bits per heavy atom. The van der Waals surface area contributed by atoms with E-state index < -0.39 is 0 Å². The molecule has 0 unspecified atom stereocenters. The summed E-state index contributed by atoms with van der Waals surface area (Å²) in [5, 5.41) is 3.25. The molecule has 2 nitrogen and oxygen atoms in total. The molecule has 0 aliphatic carbocycles. The topological polar surface area (TPSA) is 21.3 Å². The minimum Gasteiger partial charge on any atom is -0.496 e. The molecule has 0 aliphatic heterocycles. The van der Waals surface area contributed by atoms with Crippen LogP contribution in [0, 0.1) is 5.82 Å². The van der Waals surface area contributed by atoms with Gasteiger partial charge in [-0.2, -0.15) is 0 Å². The van der Waals surface area contributed by atoms with E-state index in [2.05, 4.69) is 18.3 Å². The van der Waals surface area contributed by atoms with E-state index in [-0.39, 0.29) is 5.82 Å². The summed E-state index contributed by atoms with van der Waals surface area (Å²) in [6.45, 7) is 5.96. The fraction of sp³-hybridized carbons (Fsp3) is 0.429. The molecule has 0 aliphatic rings. The molecular formula is C14H20FNO. The molecule has 0 fully saturated rings. The van der Waals surface area contributed by atoms with Crippen molar-refractivity contribution in [2.24, 2.45) is 0 Å². The summed E-state index contributed by atoms with van der Waals surface area (Å²) in [6.07, 6.45) is 3.03. The zero-order chi connectivity index (χ0) is 12.7. The molecule has 0 spiro atoms. The quantitative estimate of drug-likeness (QED) is 0.767. The summed E-state index contributed by atoms with van der Waals surface area (Å²) in [6, 6.07) is 4.58. The van der Waals surface area contributed by atoms with Crippen LogP contribution in [0.4, 0.5) is 4.39 Å². The standard InChI is InChI=1S/C14H20FNO/c1-4-16-9-5-6-11(2)13-10-12(15)7-8-14(13)17-3/h6-8,10,16H,4-5,9H2,1-3H3/b11-6-. The van der Waals surface area contributed by atoms with Gasteiger partial charge in [0.15, 0.2) is 0 Å². The Labute approximate surface area is 102 Å². The Morgan fingerprint density at radius 1 is 1.47 bits per heavy atom. The van der Waals surface area contributed by atoms with Crippen LogP contribution in [0.2, 0.25) is 0 Å². The first-order chi connectivity index (χ1) is 8.19. The van der Waals surface area contributed by atoms with Crippen molar-refractivity contribution in [2.45, 2.75) is 20.3 Å². The first kappa shape index (κ1) is 13.7. The minimum atomic E-state index is -0.236. The van der Waals surface area contributed by atoms with Crippen LogP contribution in [0.1, 0.15) is 25.8 Å². The van der Waals surface area contributed by atoms with E-state index in [4.69, 9.17) is 4.74 Å². The van der Waals surface area contributed by atoms with Crippen molar-refractivity contribution in [3.8, 4) is 5.75 Å². The predicted molar refractivity (Wildman–Crippen MR) is 69.8 cm³/mol. The highest BCUT2D eigenvalue weighted by atomic mass is 19.1. The lowest BCUT2D eigenvalue weighted by atomic mass is 10.0. The number of rotatable bonds is 6. The molecule has 94 valence electrons. The zero-order valence-electron chi connectivity index (χ0n) is 10.7. The molecule has 0 aromatic heterocycles. The molecule has 1 aromatic carbocycles. The molecule has 0 heterocycles. The molecule has 0 saturated carbocycles. The Hall–Kier alpha value is -1.35. The molecule has 0 atom stereocenters. The normalized spacial score (nSPS) is 11.6. The highest BCUT2D eigenvalue weighted by Crippen LogP contribution is 2.26. The number of allylic oxidation sites excluding steroid dienone is 1. The largest absolute Gasteiger partial charge is 0.496 e. The van der Waals surface area contributed by atoms with Crippen LogP contribution < -0.4 is 10.1 Å². The van der Waals surface area contributed by atoms with Crippen molar-refractivity contribution in [3.05, 3.63) is 35.7 Å². The molecule has 17 heavy (non-hydrogen) atoms. The summed E-state index contributed by atoms with van der Waals surface area (Å²) >= 11 is 0.